The lowest BCUT2D eigenvalue weighted by molar-refractivity contribution is -0.138. The summed E-state index contributed by atoms with van der Waals surface area (Å²) in [5.41, 5.74) is 5.27. The molecule has 0 spiro atoms. The van der Waals surface area contributed by atoms with Crippen LogP contribution in [0.4, 0.5) is 0 Å². The maximum absolute atomic E-state index is 11.1. The van der Waals surface area contributed by atoms with Crippen molar-refractivity contribution in [3.8, 4) is 0 Å². The molecule has 1 aliphatic rings. The Kier molecular flexibility index (Phi) is 3.66. The first kappa shape index (κ1) is 12.4. The zero-order valence-corrected chi connectivity index (χ0v) is 8.98. The van der Waals surface area contributed by atoms with Crippen LogP contribution in [0.1, 0.15) is 19.3 Å². The molecule has 0 aliphatic heterocycles. The number of carboxylic acids is 1. The molecule has 0 saturated heterocycles. The molecular weight excluding hydrogens is 222 g/mol. The summed E-state index contributed by atoms with van der Waals surface area (Å²) in [6, 6.07) is -1.12. The zero-order chi connectivity index (χ0) is 11.6. The average molecular weight is 237 g/mol. The number of rotatable bonds is 6. The van der Waals surface area contributed by atoms with Gasteiger partial charge in [-0.25, -0.2) is 5.14 Å². The number of aliphatic carboxylic acids is 1. The summed E-state index contributed by atoms with van der Waals surface area (Å²) in [6.45, 7) is 0.0664. The van der Waals surface area contributed by atoms with Gasteiger partial charge < -0.3 is 10.8 Å². The summed E-state index contributed by atoms with van der Waals surface area (Å²) in [5, 5.41) is 13.5. The number of nitrogens with zero attached hydrogens (tertiary/aromatic N) is 1. The molecule has 1 atom stereocenters. The normalized spacial score (nSPS) is 19.1. The van der Waals surface area contributed by atoms with E-state index in [4.69, 9.17) is 16.0 Å². The Labute approximate surface area is 88.2 Å². The lowest BCUT2D eigenvalue weighted by Crippen LogP contribution is -2.42. The molecule has 0 amide bonds. The highest BCUT2D eigenvalue weighted by Crippen LogP contribution is 2.28. The standard InChI is InChI=1S/C7H15N3O4S/c8-6(7(11)12)3-4-10(5-1-2-5)15(9,13)14/h5-6H,1-4,8H2,(H,11,12)(H2,9,13,14). The van der Waals surface area contributed by atoms with Gasteiger partial charge in [0.25, 0.3) is 10.2 Å². The van der Waals surface area contributed by atoms with E-state index in [-0.39, 0.29) is 19.0 Å². The van der Waals surface area contributed by atoms with E-state index in [0.29, 0.717) is 0 Å². The van der Waals surface area contributed by atoms with Gasteiger partial charge in [-0.2, -0.15) is 12.7 Å². The quantitative estimate of drug-likeness (QED) is 0.515. The average Bonchev–Trinajstić information content (AvgIpc) is 2.85. The first-order chi connectivity index (χ1) is 6.82. The monoisotopic (exact) mass is 237 g/mol. The lowest BCUT2D eigenvalue weighted by atomic mass is 10.2. The summed E-state index contributed by atoms with van der Waals surface area (Å²) in [6.07, 6.45) is 1.62. The van der Waals surface area contributed by atoms with Crippen LogP contribution in [0.3, 0.4) is 0 Å². The van der Waals surface area contributed by atoms with Crippen molar-refractivity contribution in [1.82, 2.24) is 4.31 Å². The third kappa shape index (κ3) is 3.74. The first-order valence-corrected chi connectivity index (χ1v) is 6.10. The summed E-state index contributed by atoms with van der Waals surface area (Å²) >= 11 is 0. The van der Waals surface area contributed by atoms with Crippen LogP contribution in [0, 0.1) is 0 Å². The third-order valence-corrected chi connectivity index (χ3v) is 3.39. The molecule has 0 aromatic rings. The first-order valence-electron chi connectivity index (χ1n) is 4.60. The van der Waals surface area contributed by atoms with Crippen LogP contribution in [0.5, 0.6) is 0 Å². The number of carbonyl (C=O) groups is 1. The van der Waals surface area contributed by atoms with Crippen molar-refractivity contribution in [2.45, 2.75) is 31.3 Å². The number of carboxylic acid groups (broad SMARTS) is 1. The molecule has 0 radical (unpaired) electrons. The largest absolute Gasteiger partial charge is 0.480 e. The molecule has 15 heavy (non-hydrogen) atoms. The van der Waals surface area contributed by atoms with Gasteiger partial charge in [0.2, 0.25) is 0 Å². The summed E-state index contributed by atoms with van der Waals surface area (Å²) < 4.78 is 23.3. The fraction of sp³-hybridized carbons (Fsp3) is 0.857. The molecule has 1 fully saturated rings. The Morgan fingerprint density at radius 2 is 2.07 bits per heavy atom. The molecule has 5 N–H and O–H groups in total. The molecule has 0 bridgehead atoms. The maximum atomic E-state index is 11.1. The Bertz CT molecular complexity index is 338. The van der Waals surface area contributed by atoms with E-state index in [1.807, 2.05) is 0 Å². The fourth-order valence-corrected chi connectivity index (χ4v) is 2.26. The molecule has 0 aromatic carbocycles. The van der Waals surface area contributed by atoms with E-state index < -0.39 is 22.2 Å². The van der Waals surface area contributed by atoms with Gasteiger partial charge in [-0.05, 0) is 19.3 Å². The van der Waals surface area contributed by atoms with Gasteiger partial charge in [0, 0.05) is 12.6 Å². The van der Waals surface area contributed by atoms with Crippen LogP contribution in [-0.4, -0.2) is 42.4 Å². The van der Waals surface area contributed by atoms with E-state index >= 15 is 0 Å². The zero-order valence-electron chi connectivity index (χ0n) is 8.17. The van der Waals surface area contributed by atoms with Crippen molar-refractivity contribution >= 4 is 16.2 Å². The summed E-state index contributed by atoms with van der Waals surface area (Å²) in [5.74, 6) is -1.14. The lowest BCUT2D eigenvalue weighted by Gasteiger charge is -2.19. The molecule has 0 aromatic heterocycles. The molecule has 8 heteroatoms. The molecule has 7 nitrogen and oxygen atoms in total. The van der Waals surface area contributed by atoms with Crippen LogP contribution >= 0.6 is 0 Å². The maximum Gasteiger partial charge on any atom is 0.320 e. The fourth-order valence-electron chi connectivity index (χ4n) is 1.27. The van der Waals surface area contributed by atoms with Crippen LogP contribution in [0.25, 0.3) is 0 Å². The Balaban J connectivity index is 2.50. The third-order valence-electron chi connectivity index (χ3n) is 2.26. The van der Waals surface area contributed by atoms with Crippen LogP contribution in [0.2, 0.25) is 0 Å². The van der Waals surface area contributed by atoms with Crippen LogP contribution in [0.15, 0.2) is 0 Å². The second kappa shape index (κ2) is 4.44. The number of nitrogens with two attached hydrogens (primary N) is 2. The minimum atomic E-state index is -3.74. The van der Waals surface area contributed by atoms with Gasteiger partial charge in [-0.15, -0.1) is 0 Å². The number of hydrogen-bond acceptors (Lipinski definition) is 4. The molecule has 1 unspecified atom stereocenters. The topological polar surface area (TPSA) is 127 Å². The highest BCUT2D eigenvalue weighted by atomic mass is 32.2. The predicted molar refractivity (Wildman–Crippen MR) is 53.1 cm³/mol. The highest BCUT2D eigenvalue weighted by molar-refractivity contribution is 7.86. The van der Waals surface area contributed by atoms with Crippen LogP contribution in [-0.2, 0) is 15.0 Å². The highest BCUT2D eigenvalue weighted by Gasteiger charge is 2.35. The van der Waals surface area contributed by atoms with Gasteiger partial charge in [-0.3, -0.25) is 4.79 Å². The van der Waals surface area contributed by atoms with Gasteiger partial charge in [-0.1, -0.05) is 0 Å². The van der Waals surface area contributed by atoms with Gasteiger partial charge in [0.05, 0.1) is 0 Å². The second-order valence-corrected chi connectivity index (χ2v) is 5.12. The van der Waals surface area contributed by atoms with Crippen molar-refractivity contribution in [2.75, 3.05) is 6.54 Å². The smallest absolute Gasteiger partial charge is 0.320 e. The van der Waals surface area contributed by atoms with Gasteiger partial charge >= 0.3 is 5.97 Å². The van der Waals surface area contributed by atoms with Crippen molar-refractivity contribution in [3.05, 3.63) is 0 Å². The van der Waals surface area contributed by atoms with Crippen molar-refractivity contribution < 1.29 is 18.3 Å². The molecule has 0 heterocycles. The summed E-state index contributed by atoms with van der Waals surface area (Å²) in [7, 11) is -3.74. The second-order valence-electron chi connectivity index (χ2n) is 3.62. The van der Waals surface area contributed by atoms with E-state index in [1.54, 1.807) is 0 Å². The Morgan fingerprint density at radius 1 is 1.53 bits per heavy atom. The summed E-state index contributed by atoms with van der Waals surface area (Å²) in [4.78, 5) is 10.4. The molecular formula is C7H15N3O4S. The molecule has 1 rings (SSSR count). The molecule has 1 aliphatic carbocycles. The van der Waals surface area contributed by atoms with Crippen molar-refractivity contribution in [1.29, 1.82) is 0 Å². The Morgan fingerprint density at radius 3 is 2.40 bits per heavy atom. The molecule has 88 valence electrons. The van der Waals surface area contributed by atoms with Crippen LogP contribution < -0.4 is 10.9 Å². The van der Waals surface area contributed by atoms with Gasteiger partial charge in [0.1, 0.15) is 6.04 Å². The van der Waals surface area contributed by atoms with E-state index in [2.05, 4.69) is 0 Å². The minimum Gasteiger partial charge on any atom is -0.480 e. The van der Waals surface area contributed by atoms with Gasteiger partial charge in [0.15, 0.2) is 0 Å². The molecule has 1 saturated carbocycles. The SMILES string of the molecule is NC(CCN(C1CC1)S(N)(=O)=O)C(=O)O. The van der Waals surface area contributed by atoms with E-state index in [9.17, 15) is 13.2 Å². The van der Waals surface area contributed by atoms with E-state index in [1.165, 1.54) is 0 Å². The number of hydrogen-bond donors (Lipinski definition) is 3. The predicted octanol–water partition coefficient (Wildman–Crippen LogP) is -1.54. The Hall–Kier alpha value is -0.700. The van der Waals surface area contributed by atoms with Crippen molar-refractivity contribution in [2.24, 2.45) is 10.9 Å². The minimum absolute atomic E-state index is 0.0664. The van der Waals surface area contributed by atoms with Crippen molar-refractivity contribution in [3.63, 3.8) is 0 Å². The van der Waals surface area contributed by atoms with E-state index in [0.717, 1.165) is 17.1 Å².